The summed E-state index contributed by atoms with van der Waals surface area (Å²) in [5.41, 5.74) is 1.16. The van der Waals surface area contributed by atoms with E-state index in [0.29, 0.717) is 4.47 Å². The summed E-state index contributed by atoms with van der Waals surface area (Å²) in [5, 5.41) is 0. The van der Waals surface area contributed by atoms with E-state index in [0.717, 1.165) is 18.2 Å². The third-order valence-electron chi connectivity index (χ3n) is 2.59. The average molecular weight is 258 g/mol. The highest BCUT2D eigenvalue weighted by Crippen LogP contribution is 2.27. The van der Waals surface area contributed by atoms with Gasteiger partial charge >= 0.3 is 0 Å². The van der Waals surface area contributed by atoms with Gasteiger partial charge in [0, 0.05) is 12.6 Å². The Morgan fingerprint density at radius 2 is 2.21 bits per heavy atom. The maximum Gasteiger partial charge on any atom is 0.137 e. The van der Waals surface area contributed by atoms with Gasteiger partial charge in [-0.25, -0.2) is 4.39 Å². The van der Waals surface area contributed by atoms with Crippen LogP contribution in [0.3, 0.4) is 0 Å². The Morgan fingerprint density at radius 3 is 2.79 bits per heavy atom. The van der Waals surface area contributed by atoms with E-state index in [1.807, 2.05) is 12.1 Å². The largest absolute Gasteiger partial charge is 0.299 e. The Morgan fingerprint density at radius 1 is 1.50 bits per heavy atom. The van der Waals surface area contributed by atoms with Crippen LogP contribution in [0, 0.1) is 5.82 Å². The molecule has 1 fully saturated rings. The standard InChI is InChI=1S/C11H13BrFN/c1-14(9-3-4-9)7-8-2-5-11(13)10(12)6-8/h2,5-6,9H,3-4,7H2,1H3. The highest BCUT2D eigenvalue weighted by atomic mass is 79.9. The Hall–Kier alpha value is -0.410. The van der Waals surface area contributed by atoms with Gasteiger partial charge in [-0.1, -0.05) is 6.07 Å². The molecule has 76 valence electrons. The minimum Gasteiger partial charge on any atom is -0.299 e. The lowest BCUT2D eigenvalue weighted by Crippen LogP contribution is -2.19. The minimum absolute atomic E-state index is 0.192. The Kier molecular flexibility index (Phi) is 2.88. The van der Waals surface area contributed by atoms with E-state index < -0.39 is 0 Å². The van der Waals surface area contributed by atoms with Gasteiger partial charge in [-0.3, -0.25) is 4.90 Å². The molecular weight excluding hydrogens is 245 g/mol. The van der Waals surface area contributed by atoms with Crippen LogP contribution in [0.4, 0.5) is 4.39 Å². The molecule has 0 radical (unpaired) electrons. The fraction of sp³-hybridized carbons (Fsp3) is 0.455. The van der Waals surface area contributed by atoms with Gasteiger partial charge < -0.3 is 0 Å². The quantitative estimate of drug-likeness (QED) is 0.804. The molecule has 0 amide bonds. The molecule has 0 aliphatic heterocycles. The van der Waals surface area contributed by atoms with Gasteiger partial charge in [-0.05, 0) is 53.5 Å². The van der Waals surface area contributed by atoms with Crippen molar-refractivity contribution in [2.45, 2.75) is 25.4 Å². The Labute approximate surface area is 92.0 Å². The van der Waals surface area contributed by atoms with Crippen LogP contribution < -0.4 is 0 Å². The van der Waals surface area contributed by atoms with Crippen LogP contribution in [-0.2, 0) is 6.54 Å². The van der Waals surface area contributed by atoms with E-state index in [1.54, 1.807) is 0 Å². The molecule has 3 heteroatoms. The number of hydrogen-bond acceptors (Lipinski definition) is 1. The second kappa shape index (κ2) is 3.99. The average Bonchev–Trinajstić information content (AvgIpc) is 2.94. The molecule has 0 bridgehead atoms. The first-order chi connectivity index (χ1) is 6.66. The predicted molar refractivity (Wildman–Crippen MR) is 58.6 cm³/mol. The summed E-state index contributed by atoms with van der Waals surface area (Å²) in [5.74, 6) is -0.192. The van der Waals surface area contributed by atoms with Crippen molar-refractivity contribution in [3.63, 3.8) is 0 Å². The first-order valence-corrected chi connectivity index (χ1v) is 5.60. The zero-order chi connectivity index (χ0) is 10.1. The second-order valence-corrected chi connectivity index (χ2v) is 4.75. The van der Waals surface area contributed by atoms with Crippen molar-refractivity contribution >= 4 is 15.9 Å². The molecular formula is C11H13BrFN. The summed E-state index contributed by atoms with van der Waals surface area (Å²) in [6.07, 6.45) is 2.61. The molecule has 0 heterocycles. The molecule has 1 aliphatic carbocycles. The number of benzene rings is 1. The lowest BCUT2D eigenvalue weighted by atomic mass is 10.2. The molecule has 2 rings (SSSR count). The zero-order valence-electron chi connectivity index (χ0n) is 8.13. The third-order valence-corrected chi connectivity index (χ3v) is 3.19. The summed E-state index contributed by atoms with van der Waals surface area (Å²) in [6.45, 7) is 0.906. The third kappa shape index (κ3) is 2.34. The number of hydrogen-bond donors (Lipinski definition) is 0. The summed E-state index contributed by atoms with van der Waals surface area (Å²) in [4.78, 5) is 2.32. The lowest BCUT2D eigenvalue weighted by molar-refractivity contribution is 0.316. The molecule has 1 aromatic rings. The molecule has 0 spiro atoms. The Bertz CT molecular complexity index is 336. The van der Waals surface area contributed by atoms with Crippen LogP contribution in [0.5, 0.6) is 0 Å². The molecule has 14 heavy (non-hydrogen) atoms. The van der Waals surface area contributed by atoms with Gasteiger partial charge in [-0.15, -0.1) is 0 Å². The van der Waals surface area contributed by atoms with E-state index in [1.165, 1.54) is 18.9 Å². The van der Waals surface area contributed by atoms with E-state index in [4.69, 9.17) is 0 Å². The van der Waals surface area contributed by atoms with Gasteiger partial charge in [-0.2, -0.15) is 0 Å². The molecule has 0 unspecified atom stereocenters. The van der Waals surface area contributed by atoms with Crippen molar-refractivity contribution < 1.29 is 4.39 Å². The maximum absolute atomic E-state index is 12.9. The van der Waals surface area contributed by atoms with E-state index in [9.17, 15) is 4.39 Å². The molecule has 1 aromatic carbocycles. The summed E-state index contributed by atoms with van der Waals surface area (Å²) in [6, 6.07) is 5.96. The van der Waals surface area contributed by atoms with Gasteiger partial charge in [0.05, 0.1) is 4.47 Å². The van der Waals surface area contributed by atoms with Crippen LogP contribution in [0.1, 0.15) is 18.4 Å². The fourth-order valence-electron chi connectivity index (χ4n) is 1.57. The van der Waals surface area contributed by atoms with E-state index >= 15 is 0 Å². The molecule has 1 nitrogen and oxygen atoms in total. The second-order valence-electron chi connectivity index (χ2n) is 3.89. The normalized spacial score (nSPS) is 16.3. The number of nitrogens with zero attached hydrogens (tertiary/aromatic N) is 1. The highest BCUT2D eigenvalue weighted by Gasteiger charge is 2.25. The van der Waals surface area contributed by atoms with Crippen molar-refractivity contribution in [1.29, 1.82) is 0 Å². The van der Waals surface area contributed by atoms with Crippen molar-refractivity contribution in [3.8, 4) is 0 Å². The van der Waals surface area contributed by atoms with Gasteiger partial charge in [0.25, 0.3) is 0 Å². The zero-order valence-corrected chi connectivity index (χ0v) is 9.72. The van der Waals surface area contributed by atoms with Crippen LogP contribution in [-0.4, -0.2) is 18.0 Å². The number of halogens is 2. The van der Waals surface area contributed by atoms with Crippen LogP contribution in [0.15, 0.2) is 22.7 Å². The van der Waals surface area contributed by atoms with Gasteiger partial charge in [0.2, 0.25) is 0 Å². The van der Waals surface area contributed by atoms with Crippen LogP contribution in [0.2, 0.25) is 0 Å². The molecule has 0 aromatic heterocycles. The van der Waals surface area contributed by atoms with E-state index in [-0.39, 0.29) is 5.82 Å². The predicted octanol–water partition coefficient (Wildman–Crippen LogP) is 3.18. The molecule has 1 aliphatic rings. The lowest BCUT2D eigenvalue weighted by Gasteiger charge is -2.15. The summed E-state index contributed by atoms with van der Waals surface area (Å²) < 4.78 is 13.5. The summed E-state index contributed by atoms with van der Waals surface area (Å²) >= 11 is 3.20. The smallest absolute Gasteiger partial charge is 0.137 e. The molecule has 0 saturated heterocycles. The van der Waals surface area contributed by atoms with Gasteiger partial charge in [0.1, 0.15) is 5.82 Å². The van der Waals surface area contributed by atoms with Crippen LogP contribution >= 0.6 is 15.9 Å². The Balaban J connectivity index is 2.04. The maximum atomic E-state index is 12.9. The fourth-order valence-corrected chi connectivity index (χ4v) is 2.00. The summed E-state index contributed by atoms with van der Waals surface area (Å²) in [7, 11) is 2.12. The topological polar surface area (TPSA) is 3.24 Å². The minimum atomic E-state index is -0.192. The number of rotatable bonds is 3. The van der Waals surface area contributed by atoms with Crippen molar-refractivity contribution in [2.24, 2.45) is 0 Å². The first kappa shape index (κ1) is 10.1. The van der Waals surface area contributed by atoms with Crippen molar-refractivity contribution in [3.05, 3.63) is 34.1 Å². The SMILES string of the molecule is CN(Cc1ccc(F)c(Br)c1)C1CC1. The highest BCUT2D eigenvalue weighted by molar-refractivity contribution is 9.10. The first-order valence-electron chi connectivity index (χ1n) is 4.81. The molecule has 1 saturated carbocycles. The molecule has 0 atom stereocenters. The molecule has 0 N–H and O–H groups in total. The van der Waals surface area contributed by atoms with E-state index in [2.05, 4.69) is 27.9 Å². The van der Waals surface area contributed by atoms with Crippen LogP contribution in [0.25, 0.3) is 0 Å². The van der Waals surface area contributed by atoms with Crippen molar-refractivity contribution in [1.82, 2.24) is 4.90 Å². The van der Waals surface area contributed by atoms with Crippen molar-refractivity contribution in [2.75, 3.05) is 7.05 Å². The van der Waals surface area contributed by atoms with Gasteiger partial charge in [0.15, 0.2) is 0 Å². The monoisotopic (exact) mass is 257 g/mol.